The standard InChI is InChI=1S/C7H10F2N2O/c1-6(2,3)11-5(12)7(8,9)4-10/h1-3H3,(H,11,12). The third-order valence-electron chi connectivity index (χ3n) is 0.914. The molecule has 0 aliphatic rings. The highest BCUT2D eigenvalue weighted by Gasteiger charge is 2.40. The first kappa shape index (κ1) is 10.8. The number of halogens is 2. The molecule has 68 valence electrons. The van der Waals surface area contributed by atoms with Gasteiger partial charge in [0.05, 0.1) is 0 Å². The van der Waals surface area contributed by atoms with E-state index < -0.39 is 17.4 Å². The Bertz CT molecular complexity index is 225. The minimum atomic E-state index is -3.94. The average molecular weight is 176 g/mol. The zero-order valence-electron chi connectivity index (χ0n) is 7.11. The lowest BCUT2D eigenvalue weighted by Gasteiger charge is -2.21. The summed E-state index contributed by atoms with van der Waals surface area (Å²) in [5.41, 5.74) is -0.753. The molecular weight excluding hydrogens is 166 g/mol. The van der Waals surface area contributed by atoms with Gasteiger partial charge < -0.3 is 5.32 Å². The predicted molar refractivity (Wildman–Crippen MR) is 38.5 cm³/mol. The number of nitrogens with one attached hydrogen (secondary N) is 1. The number of hydrogen-bond donors (Lipinski definition) is 1. The molecule has 3 nitrogen and oxygen atoms in total. The molecule has 0 saturated heterocycles. The summed E-state index contributed by atoms with van der Waals surface area (Å²) >= 11 is 0. The molecule has 0 spiro atoms. The Hall–Kier alpha value is -1.18. The van der Waals surface area contributed by atoms with Crippen molar-refractivity contribution in [1.82, 2.24) is 5.32 Å². The molecule has 0 bridgehead atoms. The van der Waals surface area contributed by atoms with E-state index in [2.05, 4.69) is 0 Å². The van der Waals surface area contributed by atoms with E-state index in [1.165, 1.54) is 0 Å². The van der Waals surface area contributed by atoms with Gasteiger partial charge in [-0.15, -0.1) is 0 Å². The SMILES string of the molecule is CC(C)(C)NC(=O)C(F)(F)C#N. The van der Waals surface area contributed by atoms with E-state index in [1.54, 1.807) is 20.8 Å². The van der Waals surface area contributed by atoms with Crippen LogP contribution >= 0.6 is 0 Å². The molecule has 0 rings (SSSR count). The third kappa shape index (κ3) is 3.28. The minimum absolute atomic E-state index is 0.618. The highest BCUT2D eigenvalue weighted by Crippen LogP contribution is 2.13. The quantitative estimate of drug-likeness (QED) is 0.649. The largest absolute Gasteiger partial charge is 0.408 e. The third-order valence-corrected chi connectivity index (χ3v) is 0.914. The minimum Gasteiger partial charge on any atom is -0.345 e. The lowest BCUT2D eigenvalue weighted by atomic mass is 10.1. The number of carbonyl (C=O) groups is 1. The maximum atomic E-state index is 12.3. The fourth-order valence-electron chi connectivity index (χ4n) is 0.470. The van der Waals surface area contributed by atoms with E-state index in [9.17, 15) is 13.6 Å². The number of nitrogens with zero attached hydrogens (tertiary/aromatic N) is 1. The molecular formula is C7H10F2N2O. The van der Waals surface area contributed by atoms with Gasteiger partial charge in [-0.25, -0.2) is 0 Å². The first-order valence-corrected chi connectivity index (χ1v) is 3.31. The van der Waals surface area contributed by atoms with E-state index >= 15 is 0 Å². The van der Waals surface area contributed by atoms with Gasteiger partial charge in [-0.3, -0.25) is 4.79 Å². The van der Waals surface area contributed by atoms with Gasteiger partial charge in [0.2, 0.25) is 0 Å². The van der Waals surface area contributed by atoms with E-state index in [1.807, 2.05) is 5.32 Å². The molecule has 0 aliphatic carbocycles. The molecule has 0 fully saturated rings. The first-order valence-electron chi connectivity index (χ1n) is 3.31. The first-order chi connectivity index (χ1) is 5.19. The Morgan fingerprint density at radius 1 is 1.42 bits per heavy atom. The second-order valence-electron chi connectivity index (χ2n) is 3.39. The summed E-state index contributed by atoms with van der Waals surface area (Å²) in [4.78, 5) is 10.6. The summed E-state index contributed by atoms with van der Waals surface area (Å²) in [6.45, 7) is 4.66. The number of hydrogen-bond acceptors (Lipinski definition) is 2. The van der Waals surface area contributed by atoms with Crippen LogP contribution in [0, 0.1) is 11.3 Å². The Morgan fingerprint density at radius 3 is 2.08 bits per heavy atom. The Kier molecular flexibility index (Phi) is 2.75. The molecule has 1 N–H and O–H groups in total. The van der Waals surface area contributed by atoms with Gasteiger partial charge >= 0.3 is 11.8 Å². The molecule has 0 radical (unpaired) electrons. The summed E-state index contributed by atoms with van der Waals surface area (Å²) in [6, 6.07) is 0.618. The summed E-state index contributed by atoms with van der Waals surface area (Å²) in [5.74, 6) is -5.50. The van der Waals surface area contributed by atoms with E-state index in [0.29, 0.717) is 6.07 Å². The molecule has 0 saturated carbocycles. The normalized spacial score (nSPS) is 12.0. The van der Waals surface area contributed by atoms with Crippen molar-refractivity contribution in [3.63, 3.8) is 0 Å². The fourth-order valence-corrected chi connectivity index (χ4v) is 0.470. The van der Waals surface area contributed by atoms with Gasteiger partial charge in [-0.1, -0.05) is 0 Å². The second kappa shape index (κ2) is 3.05. The lowest BCUT2D eigenvalue weighted by Crippen LogP contribution is -2.48. The fraction of sp³-hybridized carbons (Fsp3) is 0.714. The molecule has 1 amide bonds. The van der Waals surface area contributed by atoms with E-state index in [4.69, 9.17) is 5.26 Å². The molecule has 0 aliphatic heterocycles. The lowest BCUT2D eigenvalue weighted by molar-refractivity contribution is -0.140. The summed E-state index contributed by atoms with van der Waals surface area (Å²) in [6.07, 6.45) is 0. The van der Waals surface area contributed by atoms with Crippen LogP contribution in [0.4, 0.5) is 8.78 Å². The van der Waals surface area contributed by atoms with Crippen molar-refractivity contribution >= 4 is 5.91 Å². The molecule has 0 unspecified atom stereocenters. The summed E-state index contributed by atoms with van der Waals surface area (Å²) in [5, 5.41) is 9.90. The molecule has 12 heavy (non-hydrogen) atoms. The number of rotatable bonds is 1. The average Bonchev–Trinajstić information content (AvgIpc) is 1.84. The molecule has 5 heteroatoms. The topological polar surface area (TPSA) is 52.9 Å². The highest BCUT2D eigenvalue weighted by atomic mass is 19.3. The van der Waals surface area contributed by atoms with Crippen LogP contribution < -0.4 is 5.32 Å². The number of nitriles is 1. The molecule has 0 aromatic heterocycles. The molecule has 0 heterocycles. The number of amides is 1. The van der Waals surface area contributed by atoms with E-state index in [0.717, 1.165) is 0 Å². The van der Waals surface area contributed by atoms with E-state index in [-0.39, 0.29) is 0 Å². The van der Waals surface area contributed by atoms with Crippen LogP contribution in [0.3, 0.4) is 0 Å². The maximum absolute atomic E-state index is 12.3. The molecule has 0 aromatic carbocycles. The Balaban J connectivity index is 4.37. The van der Waals surface area contributed by atoms with Crippen molar-refractivity contribution in [2.45, 2.75) is 32.2 Å². The van der Waals surface area contributed by atoms with Gasteiger partial charge in [0.15, 0.2) is 0 Å². The van der Waals surface area contributed by atoms with Crippen LogP contribution in [0.1, 0.15) is 20.8 Å². The van der Waals surface area contributed by atoms with Crippen molar-refractivity contribution < 1.29 is 13.6 Å². The zero-order valence-corrected chi connectivity index (χ0v) is 7.11. The van der Waals surface area contributed by atoms with Gasteiger partial charge in [-0.05, 0) is 20.8 Å². The Morgan fingerprint density at radius 2 is 1.83 bits per heavy atom. The van der Waals surface area contributed by atoms with Crippen LogP contribution in [-0.4, -0.2) is 17.4 Å². The van der Waals surface area contributed by atoms with Gasteiger partial charge in [-0.2, -0.15) is 14.0 Å². The van der Waals surface area contributed by atoms with Gasteiger partial charge in [0.1, 0.15) is 6.07 Å². The van der Waals surface area contributed by atoms with Crippen LogP contribution in [0.5, 0.6) is 0 Å². The zero-order chi connectivity index (χ0) is 9.99. The highest BCUT2D eigenvalue weighted by molar-refractivity contribution is 5.86. The molecule has 0 aromatic rings. The van der Waals surface area contributed by atoms with Crippen LogP contribution in [-0.2, 0) is 4.79 Å². The van der Waals surface area contributed by atoms with Gasteiger partial charge in [0, 0.05) is 5.54 Å². The van der Waals surface area contributed by atoms with Crippen LogP contribution in [0.25, 0.3) is 0 Å². The number of alkyl halides is 2. The maximum Gasteiger partial charge on any atom is 0.408 e. The molecule has 0 atom stereocenters. The Labute approximate surface area is 69.4 Å². The second-order valence-corrected chi connectivity index (χ2v) is 3.39. The summed E-state index contributed by atoms with van der Waals surface area (Å²) in [7, 11) is 0. The smallest absolute Gasteiger partial charge is 0.345 e. The monoisotopic (exact) mass is 176 g/mol. The van der Waals surface area contributed by atoms with Crippen molar-refractivity contribution in [3.8, 4) is 6.07 Å². The number of carbonyl (C=O) groups excluding carboxylic acids is 1. The van der Waals surface area contributed by atoms with Gasteiger partial charge in [0.25, 0.3) is 0 Å². The van der Waals surface area contributed by atoms with Crippen molar-refractivity contribution in [2.75, 3.05) is 0 Å². The van der Waals surface area contributed by atoms with Crippen molar-refractivity contribution in [2.24, 2.45) is 0 Å². The van der Waals surface area contributed by atoms with Crippen LogP contribution in [0.2, 0.25) is 0 Å². The predicted octanol–water partition coefficient (Wildman–Crippen LogP) is 1.06. The van der Waals surface area contributed by atoms with Crippen molar-refractivity contribution in [3.05, 3.63) is 0 Å². The van der Waals surface area contributed by atoms with Crippen molar-refractivity contribution in [1.29, 1.82) is 5.26 Å². The summed E-state index contributed by atoms with van der Waals surface area (Å²) < 4.78 is 24.6. The van der Waals surface area contributed by atoms with Crippen LogP contribution in [0.15, 0.2) is 0 Å².